The second-order valence-electron chi connectivity index (χ2n) is 3.10. The molecule has 3 N–H and O–H groups in total. The van der Waals surface area contributed by atoms with E-state index < -0.39 is 0 Å². The molecule has 0 saturated heterocycles. The van der Waals surface area contributed by atoms with Crippen LogP contribution in [-0.2, 0) is 0 Å². The Morgan fingerprint density at radius 3 is 2.27 bits per heavy atom. The van der Waals surface area contributed by atoms with Gasteiger partial charge in [-0.1, -0.05) is 11.6 Å². The predicted molar refractivity (Wildman–Crippen MR) is 63.4 cm³/mol. The van der Waals surface area contributed by atoms with Gasteiger partial charge in [0, 0.05) is 10.7 Å². The van der Waals surface area contributed by atoms with Gasteiger partial charge in [-0.25, -0.2) is 4.98 Å². The lowest BCUT2D eigenvalue weighted by molar-refractivity contribution is 1.33. The van der Waals surface area contributed by atoms with E-state index in [1.807, 2.05) is 30.3 Å². The summed E-state index contributed by atoms with van der Waals surface area (Å²) >= 11 is 5.78. The van der Waals surface area contributed by atoms with Gasteiger partial charge in [0.15, 0.2) is 0 Å². The summed E-state index contributed by atoms with van der Waals surface area (Å²) in [5.74, 6) is 0.511. The van der Waals surface area contributed by atoms with Gasteiger partial charge in [0.05, 0.1) is 11.9 Å². The summed E-state index contributed by atoms with van der Waals surface area (Å²) in [5.41, 5.74) is 7.34. The number of pyridine rings is 1. The molecule has 4 heteroatoms. The first-order valence-corrected chi connectivity index (χ1v) is 4.86. The number of nitrogens with one attached hydrogen (secondary N) is 1. The maximum Gasteiger partial charge on any atom is 0.123 e. The Morgan fingerprint density at radius 2 is 1.67 bits per heavy atom. The Labute approximate surface area is 92.9 Å². The first-order valence-electron chi connectivity index (χ1n) is 4.48. The minimum absolute atomic E-state index is 0.511. The molecule has 0 atom stereocenters. The maximum atomic E-state index is 5.78. The van der Waals surface area contributed by atoms with Crippen LogP contribution < -0.4 is 11.1 Å². The first kappa shape index (κ1) is 9.80. The second kappa shape index (κ2) is 4.19. The molecule has 3 nitrogen and oxygen atoms in total. The monoisotopic (exact) mass is 219 g/mol. The summed E-state index contributed by atoms with van der Waals surface area (Å²) in [7, 11) is 0. The molecule has 1 aromatic heterocycles. The fourth-order valence-corrected chi connectivity index (χ4v) is 1.31. The number of nitrogens with zero attached hydrogens (tertiary/aromatic N) is 1. The van der Waals surface area contributed by atoms with Crippen molar-refractivity contribution in [3.05, 3.63) is 47.6 Å². The van der Waals surface area contributed by atoms with Gasteiger partial charge >= 0.3 is 0 Å². The normalized spacial score (nSPS) is 9.93. The lowest BCUT2D eigenvalue weighted by atomic mass is 10.3. The van der Waals surface area contributed by atoms with Crippen molar-refractivity contribution < 1.29 is 0 Å². The van der Waals surface area contributed by atoms with Gasteiger partial charge in [-0.3, -0.25) is 0 Å². The molecule has 0 amide bonds. The van der Waals surface area contributed by atoms with Crippen molar-refractivity contribution >= 4 is 28.8 Å². The summed E-state index contributed by atoms with van der Waals surface area (Å²) in [5, 5.41) is 3.90. The third-order valence-corrected chi connectivity index (χ3v) is 2.17. The summed E-state index contributed by atoms with van der Waals surface area (Å²) in [6.07, 6.45) is 1.68. The number of nitrogen functional groups attached to an aromatic ring is 1. The Balaban J connectivity index is 2.15. The molecule has 0 radical (unpaired) electrons. The lowest BCUT2D eigenvalue weighted by Crippen LogP contribution is -1.93. The van der Waals surface area contributed by atoms with Gasteiger partial charge in [0.2, 0.25) is 0 Å². The van der Waals surface area contributed by atoms with Gasteiger partial charge in [0.25, 0.3) is 0 Å². The Kier molecular flexibility index (Phi) is 2.74. The molecule has 0 unspecified atom stereocenters. The molecular weight excluding hydrogens is 210 g/mol. The molecule has 0 aliphatic heterocycles. The number of anilines is 3. The van der Waals surface area contributed by atoms with E-state index >= 15 is 0 Å². The number of halogens is 1. The van der Waals surface area contributed by atoms with E-state index in [0.717, 1.165) is 16.4 Å². The molecule has 76 valence electrons. The highest BCUT2D eigenvalue weighted by Crippen LogP contribution is 2.18. The topological polar surface area (TPSA) is 50.9 Å². The van der Waals surface area contributed by atoms with Gasteiger partial charge in [0.1, 0.15) is 5.82 Å². The summed E-state index contributed by atoms with van der Waals surface area (Å²) < 4.78 is 0. The van der Waals surface area contributed by atoms with Crippen LogP contribution in [0, 0.1) is 0 Å². The van der Waals surface area contributed by atoms with Crippen LogP contribution >= 0.6 is 11.6 Å². The number of rotatable bonds is 2. The largest absolute Gasteiger partial charge is 0.384 e. The quantitative estimate of drug-likeness (QED) is 0.816. The molecule has 15 heavy (non-hydrogen) atoms. The van der Waals surface area contributed by atoms with Crippen LogP contribution in [0.25, 0.3) is 0 Å². The zero-order valence-corrected chi connectivity index (χ0v) is 8.70. The van der Waals surface area contributed by atoms with Crippen LogP contribution in [0.1, 0.15) is 0 Å². The third-order valence-electron chi connectivity index (χ3n) is 1.92. The molecule has 2 aromatic rings. The number of benzene rings is 1. The molecular formula is C11H10ClN3. The van der Waals surface area contributed by atoms with E-state index in [1.54, 1.807) is 12.3 Å². The smallest absolute Gasteiger partial charge is 0.123 e. The van der Waals surface area contributed by atoms with Crippen molar-refractivity contribution in [1.29, 1.82) is 0 Å². The van der Waals surface area contributed by atoms with Crippen molar-refractivity contribution in [2.24, 2.45) is 0 Å². The number of aromatic nitrogens is 1. The molecule has 2 rings (SSSR count). The predicted octanol–water partition coefficient (Wildman–Crippen LogP) is 3.06. The van der Waals surface area contributed by atoms with E-state index in [9.17, 15) is 0 Å². The van der Waals surface area contributed by atoms with Gasteiger partial charge in [-0.15, -0.1) is 0 Å². The number of hydrogen-bond donors (Lipinski definition) is 2. The maximum absolute atomic E-state index is 5.78. The zero-order valence-electron chi connectivity index (χ0n) is 7.94. The molecule has 0 bridgehead atoms. The molecule has 1 aromatic carbocycles. The van der Waals surface area contributed by atoms with Crippen molar-refractivity contribution in [3.8, 4) is 0 Å². The second-order valence-corrected chi connectivity index (χ2v) is 3.54. The fourth-order valence-electron chi connectivity index (χ4n) is 1.18. The van der Waals surface area contributed by atoms with E-state index in [-0.39, 0.29) is 0 Å². The molecule has 1 heterocycles. The Morgan fingerprint density at radius 1 is 1.00 bits per heavy atom. The Bertz CT molecular complexity index is 393. The van der Waals surface area contributed by atoms with Crippen molar-refractivity contribution in [2.75, 3.05) is 11.1 Å². The van der Waals surface area contributed by atoms with Crippen molar-refractivity contribution in [3.63, 3.8) is 0 Å². The van der Waals surface area contributed by atoms with Crippen LogP contribution in [0.2, 0.25) is 5.02 Å². The number of hydrogen-bond acceptors (Lipinski definition) is 3. The Hall–Kier alpha value is -1.74. The van der Waals surface area contributed by atoms with Crippen LogP contribution in [0.4, 0.5) is 17.2 Å². The molecule has 0 aliphatic carbocycles. The average molecular weight is 220 g/mol. The average Bonchev–Trinajstić information content (AvgIpc) is 2.25. The van der Waals surface area contributed by atoms with E-state index in [2.05, 4.69) is 10.3 Å². The van der Waals surface area contributed by atoms with Gasteiger partial charge in [-0.05, 0) is 36.4 Å². The van der Waals surface area contributed by atoms with Crippen molar-refractivity contribution in [2.45, 2.75) is 0 Å². The standard InChI is InChI=1S/C11H10ClN3/c12-8-1-3-9(4-2-8)15-10-5-6-11(13)14-7-10/h1-7,15H,(H2,13,14). The highest BCUT2D eigenvalue weighted by Gasteiger charge is 1.94. The zero-order chi connectivity index (χ0) is 10.7. The van der Waals surface area contributed by atoms with Crippen LogP contribution in [-0.4, -0.2) is 4.98 Å². The first-order chi connectivity index (χ1) is 7.24. The van der Waals surface area contributed by atoms with Crippen LogP contribution in [0.5, 0.6) is 0 Å². The van der Waals surface area contributed by atoms with E-state index in [4.69, 9.17) is 17.3 Å². The minimum atomic E-state index is 0.511. The van der Waals surface area contributed by atoms with Gasteiger partial charge < -0.3 is 11.1 Å². The molecule has 0 spiro atoms. The summed E-state index contributed by atoms with van der Waals surface area (Å²) in [6.45, 7) is 0. The highest BCUT2D eigenvalue weighted by atomic mass is 35.5. The van der Waals surface area contributed by atoms with Gasteiger partial charge in [-0.2, -0.15) is 0 Å². The van der Waals surface area contributed by atoms with Crippen LogP contribution in [0.15, 0.2) is 42.6 Å². The summed E-state index contributed by atoms with van der Waals surface area (Å²) in [6, 6.07) is 11.1. The number of nitrogens with two attached hydrogens (primary N) is 1. The summed E-state index contributed by atoms with van der Waals surface area (Å²) in [4.78, 5) is 3.98. The molecule has 0 aliphatic rings. The fraction of sp³-hybridized carbons (Fsp3) is 0. The molecule has 0 saturated carbocycles. The van der Waals surface area contributed by atoms with E-state index in [1.165, 1.54) is 0 Å². The van der Waals surface area contributed by atoms with Crippen molar-refractivity contribution in [1.82, 2.24) is 4.98 Å². The lowest BCUT2D eigenvalue weighted by Gasteiger charge is -2.05. The SMILES string of the molecule is Nc1ccc(Nc2ccc(Cl)cc2)cn1. The highest BCUT2D eigenvalue weighted by molar-refractivity contribution is 6.30. The minimum Gasteiger partial charge on any atom is -0.384 e. The van der Waals surface area contributed by atoms with Crippen LogP contribution in [0.3, 0.4) is 0 Å². The third kappa shape index (κ3) is 2.60. The van der Waals surface area contributed by atoms with E-state index in [0.29, 0.717) is 5.82 Å². The molecule has 0 fully saturated rings.